The molecule has 8 nitrogen and oxygen atoms in total. The first-order chi connectivity index (χ1) is 12.0. The average Bonchev–Trinajstić information content (AvgIpc) is 2.62. The van der Waals surface area contributed by atoms with E-state index in [9.17, 15) is 9.59 Å². The standard InChI is InChI=1S/C17H31N5O3/c1-4-21-8-9-22(13-16(21)24)17(19-12-15(23)20(2)3)18-11-14-7-5-6-10-25-14/h14H,4-13H2,1-3H3,(H,18,19). The first kappa shape index (κ1) is 19.5. The minimum absolute atomic E-state index is 0.0632. The number of nitrogens with zero attached hydrogens (tertiary/aromatic N) is 4. The Morgan fingerprint density at radius 1 is 1.36 bits per heavy atom. The largest absolute Gasteiger partial charge is 0.376 e. The Labute approximate surface area is 150 Å². The maximum atomic E-state index is 12.2. The molecule has 142 valence electrons. The Morgan fingerprint density at radius 2 is 2.16 bits per heavy atom. The summed E-state index contributed by atoms with van der Waals surface area (Å²) in [4.78, 5) is 33.8. The van der Waals surface area contributed by atoms with Crippen molar-refractivity contribution in [2.24, 2.45) is 4.99 Å². The lowest BCUT2D eigenvalue weighted by Crippen LogP contribution is -2.56. The molecule has 2 heterocycles. The molecule has 0 saturated carbocycles. The van der Waals surface area contributed by atoms with Crippen molar-refractivity contribution in [1.82, 2.24) is 20.0 Å². The number of aliphatic imine (C=N–C) groups is 1. The molecule has 0 aliphatic carbocycles. The summed E-state index contributed by atoms with van der Waals surface area (Å²) in [5.41, 5.74) is 0. The number of carbonyl (C=O) groups excluding carboxylic acids is 2. The summed E-state index contributed by atoms with van der Waals surface area (Å²) in [6.45, 7) is 5.91. The fourth-order valence-corrected chi connectivity index (χ4v) is 2.95. The van der Waals surface area contributed by atoms with Crippen molar-refractivity contribution in [2.45, 2.75) is 32.3 Å². The highest BCUT2D eigenvalue weighted by molar-refractivity contribution is 5.89. The summed E-state index contributed by atoms with van der Waals surface area (Å²) >= 11 is 0. The smallest absolute Gasteiger partial charge is 0.243 e. The highest BCUT2D eigenvalue weighted by atomic mass is 16.5. The van der Waals surface area contributed by atoms with E-state index in [0.29, 0.717) is 32.1 Å². The van der Waals surface area contributed by atoms with Gasteiger partial charge in [-0.25, -0.2) is 4.99 Å². The molecule has 0 aromatic rings. The number of likely N-dealkylation sites (N-methyl/N-ethyl adjacent to an activating group) is 2. The van der Waals surface area contributed by atoms with Crippen LogP contribution in [0.2, 0.25) is 0 Å². The maximum Gasteiger partial charge on any atom is 0.243 e. The van der Waals surface area contributed by atoms with Crippen LogP contribution in [0, 0.1) is 0 Å². The molecule has 1 unspecified atom stereocenters. The van der Waals surface area contributed by atoms with Crippen LogP contribution >= 0.6 is 0 Å². The van der Waals surface area contributed by atoms with E-state index < -0.39 is 0 Å². The Bertz CT molecular complexity index is 489. The average molecular weight is 353 g/mol. The van der Waals surface area contributed by atoms with Crippen LogP contribution in [0.25, 0.3) is 0 Å². The molecule has 0 aromatic heterocycles. The zero-order valence-electron chi connectivity index (χ0n) is 15.7. The molecule has 0 radical (unpaired) electrons. The maximum absolute atomic E-state index is 12.2. The van der Waals surface area contributed by atoms with Crippen molar-refractivity contribution >= 4 is 17.8 Å². The first-order valence-electron chi connectivity index (χ1n) is 9.14. The molecule has 2 saturated heterocycles. The van der Waals surface area contributed by atoms with E-state index in [0.717, 1.165) is 26.0 Å². The summed E-state index contributed by atoms with van der Waals surface area (Å²) in [7, 11) is 3.43. The molecule has 0 aromatic carbocycles. The molecule has 25 heavy (non-hydrogen) atoms. The van der Waals surface area contributed by atoms with Crippen LogP contribution in [-0.4, -0.2) is 98.5 Å². The summed E-state index contributed by atoms with van der Waals surface area (Å²) in [5, 5.41) is 3.32. The van der Waals surface area contributed by atoms with E-state index >= 15 is 0 Å². The number of rotatable bonds is 5. The van der Waals surface area contributed by atoms with Crippen molar-refractivity contribution in [1.29, 1.82) is 0 Å². The lowest BCUT2D eigenvalue weighted by Gasteiger charge is -2.36. The van der Waals surface area contributed by atoms with E-state index in [-0.39, 0.29) is 24.5 Å². The van der Waals surface area contributed by atoms with Gasteiger partial charge in [0.25, 0.3) is 0 Å². The fourth-order valence-electron chi connectivity index (χ4n) is 2.95. The van der Waals surface area contributed by atoms with Crippen molar-refractivity contribution < 1.29 is 14.3 Å². The summed E-state index contributed by atoms with van der Waals surface area (Å²) < 4.78 is 5.75. The van der Waals surface area contributed by atoms with Gasteiger partial charge in [0, 0.05) is 46.9 Å². The summed E-state index contributed by atoms with van der Waals surface area (Å²) in [5.74, 6) is 0.649. The molecule has 1 atom stereocenters. The third kappa shape index (κ3) is 5.88. The molecule has 2 aliphatic heterocycles. The van der Waals surface area contributed by atoms with Crippen molar-refractivity contribution in [3.63, 3.8) is 0 Å². The Balaban J connectivity index is 1.99. The molecule has 0 bridgehead atoms. The normalized spacial score (nSPS) is 22.1. The molecular formula is C17H31N5O3. The van der Waals surface area contributed by atoms with Gasteiger partial charge in [0.15, 0.2) is 5.96 Å². The highest BCUT2D eigenvalue weighted by Crippen LogP contribution is 2.12. The number of carbonyl (C=O) groups is 2. The van der Waals surface area contributed by atoms with Crippen molar-refractivity contribution in [2.75, 3.05) is 60.0 Å². The van der Waals surface area contributed by atoms with Gasteiger partial charge < -0.3 is 24.8 Å². The van der Waals surface area contributed by atoms with Gasteiger partial charge in [-0.3, -0.25) is 9.59 Å². The molecule has 2 rings (SSSR count). The van der Waals surface area contributed by atoms with Crippen molar-refractivity contribution in [3.05, 3.63) is 0 Å². The lowest BCUT2D eigenvalue weighted by molar-refractivity contribution is -0.134. The van der Waals surface area contributed by atoms with Gasteiger partial charge in [0.1, 0.15) is 6.54 Å². The Kier molecular flexibility index (Phi) is 7.49. The zero-order valence-corrected chi connectivity index (χ0v) is 15.7. The van der Waals surface area contributed by atoms with Gasteiger partial charge in [0.2, 0.25) is 11.8 Å². The van der Waals surface area contributed by atoms with Crippen LogP contribution in [-0.2, 0) is 14.3 Å². The van der Waals surface area contributed by atoms with E-state index in [1.807, 2.05) is 16.7 Å². The second-order valence-electron chi connectivity index (χ2n) is 6.69. The predicted molar refractivity (Wildman–Crippen MR) is 96.4 cm³/mol. The third-order valence-electron chi connectivity index (χ3n) is 4.62. The monoisotopic (exact) mass is 353 g/mol. The van der Waals surface area contributed by atoms with E-state index in [1.165, 1.54) is 11.3 Å². The van der Waals surface area contributed by atoms with Gasteiger partial charge in [0.05, 0.1) is 12.6 Å². The lowest BCUT2D eigenvalue weighted by atomic mass is 10.1. The number of hydrogen-bond donors (Lipinski definition) is 1. The van der Waals surface area contributed by atoms with Crippen LogP contribution in [0.4, 0.5) is 0 Å². The highest BCUT2D eigenvalue weighted by Gasteiger charge is 2.26. The van der Waals surface area contributed by atoms with Gasteiger partial charge >= 0.3 is 0 Å². The van der Waals surface area contributed by atoms with Crippen LogP contribution in [0.3, 0.4) is 0 Å². The number of hydrogen-bond acceptors (Lipinski definition) is 4. The molecular weight excluding hydrogens is 322 g/mol. The van der Waals surface area contributed by atoms with Crippen LogP contribution in [0.5, 0.6) is 0 Å². The van der Waals surface area contributed by atoms with Crippen LogP contribution in [0.15, 0.2) is 4.99 Å². The second kappa shape index (κ2) is 9.60. The summed E-state index contributed by atoms with van der Waals surface area (Å²) in [6.07, 6.45) is 3.48. The fraction of sp³-hybridized carbons (Fsp3) is 0.824. The molecule has 8 heteroatoms. The van der Waals surface area contributed by atoms with Crippen molar-refractivity contribution in [3.8, 4) is 0 Å². The molecule has 0 spiro atoms. The number of ether oxygens (including phenoxy) is 1. The van der Waals surface area contributed by atoms with Crippen LogP contribution < -0.4 is 5.32 Å². The Morgan fingerprint density at radius 3 is 2.76 bits per heavy atom. The van der Waals surface area contributed by atoms with E-state index in [1.54, 1.807) is 14.1 Å². The quantitative estimate of drug-likeness (QED) is 0.545. The molecule has 2 aliphatic rings. The molecule has 1 N–H and O–H groups in total. The van der Waals surface area contributed by atoms with E-state index in [4.69, 9.17) is 4.74 Å². The minimum Gasteiger partial charge on any atom is -0.376 e. The molecule has 2 amide bonds. The topological polar surface area (TPSA) is 77.5 Å². The third-order valence-corrected chi connectivity index (χ3v) is 4.62. The number of amides is 2. The SMILES string of the molecule is CCN1CCN(C(=NCC(=O)N(C)C)NCC2CCCCO2)CC1=O. The van der Waals surface area contributed by atoms with Gasteiger partial charge in [-0.2, -0.15) is 0 Å². The number of piperazine rings is 1. The second-order valence-corrected chi connectivity index (χ2v) is 6.69. The number of nitrogens with one attached hydrogen (secondary N) is 1. The van der Waals surface area contributed by atoms with E-state index in [2.05, 4.69) is 10.3 Å². The molecule has 2 fully saturated rings. The minimum atomic E-state index is -0.0632. The van der Waals surface area contributed by atoms with Gasteiger partial charge in [-0.05, 0) is 26.2 Å². The van der Waals surface area contributed by atoms with Gasteiger partial charge in [-0.1, -0.05) is 0 Å². The Hall–Kier alpha value is -1.83. The van der Waals surface area contributed by atoms with Gasteiger partial charge in [-0.15, -0.1) is 0 Å². The zero-order chi connectivity index (χ0) is 18.2. The summed E-state index contributed by atoms with van der Waals surface area (Å²) in [6, 6.07) is 0. The predicted octanol–water partition coefficient (Wildman–Crippen LogP) is -0.247. The number of guanidine groups is 1. The van der Waals surface area contributed by atoms with Crippen LogP contribution in [0.1, 0.15) is 26.2 Å². The first-order valence-corrected chi connectivity index (χ1v) is 9.14.